The van der Waals surface area contributed by atoms with Gasteiger partial charge < -0.3 is 5.11 Å². The summed E-state index contributed by atoms with van der Waals surface area (Å²) < 4.78 is 0.788. The number of aliphatic hydroxyl groups is 1. The Morgan fingerprint density at radius 3 is 2.89 bits per heavy atom. The molecule has 0 saturated heterocycles. The minimum atomic E-state index is -0.713. The van der Waals surface area contributed by atoms with E-state index in [9.17, 15) is 5.11 Å². The molecular weight excluding hydrogens is 264 g/mol. The quantitative estimate of drug-likeness (QED) is 0.877. The third kappa shape index (κ3) is 2.09. The van der Waals surface area contributed by atoms with Gasteiger partial charge in [0.15, 0.2) is 0 Å². The van der Waals surface area contributed by atoms with E-state index in [0.29, 0.717) is 6.42 Å². The first-order valence-corrected chi connectivity index (χ1v) is 7.33. The Morgan fingerprint density at radius 2 is 2.17 bits per heavy atom. The molecule has 0 aliphatic heterocycles. The second kappa shape index (κ2) is 4.37. The summed E-state index contributed by atoms with van der Waals surface area (Å²) in [5.74, 6) is 0. The average molecular weight is 279 g/mol. The Balaban J connectivity index is 1.96. The molecule has 1 N–H and O–H groups in total. The highest BCUT2D eigenvalue weighted by Crippen LogP contribution is 2.41. The van der Waals surface area contributed by atoms with Gasteiger partial charge in [-0.05, 0) is 43.0 Å². The van der Waals surface area contributed by atoms with Crippen molar-refractivity contribution < 1.29 is 5.11 Å². The van der Waals surface area contributed by atoms with Gasteiger partial charge in [-0.25, -0.2) is 0 Å². The second-order valence-electron chi connectivity index (χ2n) is 5.07. The summed E-state index contributed by atoms with van der Waals surface area (Å²) in [4.78, 5) is 1.15. The Kier molecular flexibility index (Phi) is 2.97. The van der Waals surface area contributed by atoms with Gasteiger partial charge in [0.2, 0.25) is 0 Å². The first kappa shape index (κ1) is 12.2. The zero-order chi connectivity index (χ0) is 12.8. The van der Waals surface area contributed by atoms with Crippen molar-refractivity contribution >= 4 is 22.9 Å². The van der Waals surface area contributed by atoms with Gasteiger partial charge in [-0.1, -0.05) is 35.4 Å². The molecular formula is C15H15ClOS. The van der Waals surface area contributed by atoms with Crippen LogP contribution in [0.3, 0.4) is 0 Å². The van der Waals surface area contributed by atoms with Crippen LogP contribution in [0.15, 0.2) is 30.3 Å². The maximum Gasteiger partial charge on any atom is 0.0950 e. The van der Waals surface area contributed by atoms with E-state index in [4.69, 9.17) is 11.6 Å². The Bertz CT molecular complexity index is 590. The van der Waals surface area contributed by atoms with Crippen LogP contribution in [0.25, 0.3) is 0 Å². The lowest BCUT2D eigenvalue weighted by Crippen LogP contribution is -2.24. The first-order valence-electron chi connectivity index (χ1n) is 6.13. The standard InChI is InChI=1S/C15H15ClOS/c1-10-2-3-11-6-7-15(17,13(11)8-10)9-12-4-5-14(16)18-12/h2-5,8,17H,6-7,9H2,1H3. The van der Waals surface area contributed by atoms with Crippen LogP contribution in [0.5, 0.6) is 0 Å². The summed E-state index contributed by atoms with van der Waals surface area (Å²) in [6.07, 6.45) is 2.44. The second-order valence-corrected chi connectivity index (χ2v) is 6.87. The van der Waals surface area contributed by atoms with Crippen molar-refractivity contribution in [1.29, 1.82) is 0 Å². The van der Waals surface area contributed by atoms with Crippen molar-refractivity contribution in [2.45, 2.75) is 31.8 Å². The van der Waals surface area contributed by atoms with Crippen LogP contribution in [0.2, 0.25) is 4.34 Å². The van der Waals surface area contributed by atoms with E-state index >= 15 is 0 Å². The number of thiophene rings is 1. The summed E-state index contributed by atoms with van der Waals surface area (Å²) in [7, 11) is 0. The van der Waals surface area contributed by atoms with Crippen molar-refractivity contribution in [3.8, 4) is 0 Å². The molecule has 2 aromatic rings. The van der Waals surface area contributed by atoms with Crippen LogP contribution in [0, 0.1) is 6.92 Å². The molecule has 1 heterocycles. The van der Waals surface area contributed by atoms with E-state index in [1.165, 1.54) is 11.1 Å². The molecule has 1 unspecified atom stereocenters. The van der Waals surface area contributed by atoms with Crippen LogP contribution in [0.1, 0.15) is 28.0 Å². The van der Waals surface area contributed by atoms with Gasteiger partial charge in [-0.3, -0.25) is 0 Å². The molecule has 0 spiro atoms. The molecule has 1 aliphatic carbocycles. The summed E-state index contributed by atoms with van der Waals surface area (Å²) in [6.45, 7) is 2.07. The van der Waals surface area contributed by atoms with Gasteiger partial charge in [-0.2, -0.15) is 0 Å². The molecule has 18 heavy (non-hydrogen) atoms. The topological polar surface area (TPSA) is 20.2 Å². The summed E-state index contributed by atoms with van der Waals surface area (Å²) in [6, 6.07) is 10.3. The molecule has 0 amide bonds. The highest BCUT2D eigenvalue weighted by molar-refractivity contribution is 7.16. The fourth-order valence-electron chi connectivity index (χ4n) is 2.74. The number of aryl methyl sites for hydroxylation is 2. The lowest BCUT2D eigenvalue weighted by atomic mass is 9.91. The normalized spacial score (nSPS) is 22.2. The molecule has 1 nitrogen and oxygen atoms in total. The molecule has 0 radical (unpaired) electrons. The largest absolute Gasteiger partial charge is 0.385 e. The van der Waals surface area contributed by atoms with Crippen LogP contribution in [-0.4, -0.2) is 5.11 Å². The third-order valence-electron chi connectivity index (χ3n) is 3.67. The number of halogens is 1. The molecule has 0 bridgehead atoms. The Morgan fingerprint density at radius 1 is 1.33 bits per heavy atom. The molecule has 3 heteroatoms. The summed E-state index contributed by atoms with van der Waals surface area (Å²) in [5.41, 5.74) is 2.88. The fraction of sp³-hybridized carbons (Fsp3) is 0.333. The van der Waals surface area contributed by atoms with E-state index in [0.717, 1.165) is 27.6 Å². The molecule has 0 saturated carbocycles. The van der Waals surface area contributed by atoms with E-state index in [-0.39, 0.29) is 0 Å². The highest BCUT2D eigenvalue weighted by atomic mass is 35.5. The van der Waals surface area contributed by atoms with Crippen molar-refractivity contribution in [2.75, 3.05) is 0 Å². The lowest BCUT2D eigenvalue weighted by molar-refractivity contribution is 0.0397. The zero-order valence-corrected chi connectivity index (χ0v) is 11.8. The Labute approximate surface area is 116 Å². The molecule has 0 fully saturated rings. The molecule has 1 aromatic carbocycles. The van der Waals surface area contributed by atoms with Crippen molar-refractivity contribution in [3.05, 3.63) is 56.2 Å². The number of fused-ring (bicyclic) bond motifs is 1. The van der Waals surface area contributed by atoms with Gasteiger partial charge in [-0.15, -0.1) is 11.3 Å². The van der Waals surface area contributed by atoms with E-state index in [1.807, 2.05) is 12.1 Å². The fourth-order valence-corrected chi connectivity index (χ4v) is 3.93. The first-order chi connectivity index (χ1) is 8.57. The maximum atomic E-state index is 10.9. The average Bonchev–Trinajstić information content (AvgIpc) is 2.85. The minimum Gasteiger partial charge on any atom is -0.385 e. The number of hydrogen-bond donors (Lipinski definition) is 1. The van der Waals surface area contributed by atoms with Gasteiger partial charge >= 0.3 is 0 Å². The van der Waals surface area contributed by atoms with E-state index in [2.05, 4.69) is 25.1 Å². The maximum absolute atomic E-state index is 10.9. The van der Waals surface area contributed by atoms with Gasteiger partial charge in [0.05, 0.1) is 9.94 Å². The lowest BCUT2D eigenvalue weighted by Gasteiger charge is -2.23. The minimum absolute atomic E-state index is 0.668. The number of benzene rings is 1. The van der Waals surface area contributed by atoms with Crippen LogP contribution < -0.4 is 0 Å². The SMILES string of the molecule is Cc1ccc2c(c1)C(O)(Cc1ccc(Cl)s1)CC2. The summed E-state index contributed by atoms with van der Waals surface area (Å²) >= 11 is 7.51. The van der Waals surface area contributed by atoms with Crippen LogP contribution in [-0.2, 0) is 18.4 Å². The molecule has 94 valence electrons. The highest BCUT2D eigenvalue weighted by Gasteiger charge is 2.37. The van der Waals surface area contributed by atoms with Gasteiger partial charge in [0.1, 0.15) is 0 Å². The zero-order valence-electron chi connectivity index (χ0n) is 10.2. The van der Waals surface area contributed by atoms with Gasteiger partial charge in [0.25, 0.3) is 0 Å². The predicted molar refractivity (Wildman–Crippen MR) is 76.4 cm³/mol. The number of rotatable bonds is 2. The van der Waals surface area contributed by atoms with Crippen LogP contribution >= 0.6 is 22.9 Å². The molecule has 1 aliphatic rings. The van der Waals surface area contributed by atoms with Gasteiger partial charge in [0, 0.05) is 11.3 Å². The number of hydrogen-bond acceptors (Lipinski definition) is 2. The van der Waals surface area contributed by atoms with E-state index < -0.39 is 5.60 Å². The molecule has 1 aromatic heterocycles. The molecule has 3 rings (SSSR count). The Hall–Kier alpha value is -0.830. The van der Waals surface area contributed by atoms with E-state index in [1.54, 1.807) is 11.3 Å². The smallest absolute Gasteiger partial charge is 0.0950 e. The van der Waals surface area contributed by atoms with Crippen LogP contribution in [0.4, 0.5) is 0 Å². The van der Waals surface area contributed by atoms with Crippen molar-refractivity contribution in [3.63, 3.8) is 0 Å². The monoisotopic (exact) mass is 278 g/mol. The predicted octanol–water partition coefficient (Wildman–Crippen LogP) is 4.09. The summed E-state index contributed by atoms with van der Waals surface area (Å²) in [5, 5.41) is 10.9. The third-order valence-corrected chi connectivity index (χ3v) is 4.90. The van der Waals surface area contributed by atoms with Crippen molar-refractivity contribution in [2.24, 2.45) is 0 Å². The molecule has 1 atom stereocenters. The van der Waals surface area contributed by atoms with Crippen molar-refractivity contribution in [1.82, 2.24) is 0 Å².